The summed E-state index contributed by atoms with van der Waals surface area (Å²) in [5, 5.41) is 3.31. The lowest BCUT2D eigenvalue weighted by atomic mass is 10.1. The summed E-state index contributed by atoms with van der Waals surface area (Å²) in [6.07, 6.45) is 0. The molecule has 0 bridgehead atoms. The van der Waals surface area contributed by atoms with Crippen LogP contribution >= 0.6 is 11.8 Å². The molecule has 1 fully saturated rings. The second kappa shape index (κ2) is 4.86. The summed E-state index contributed by atoms with van der Waals surface area (Å²) in [7, 11) is 1.58. The number of ether oxygens (including phenoxy) is 1. The normalized spacial score (nSPS) is 21.3. The minimum atomic E-state index is -0.186. The van der Waals surface area contributed by atoms with Crippen LogP contribution in [0.3, 0.4) is 0 Å². The maximum absolute atomic E-state index is 13.7. The lowest BCUT2D eigenvalue weighted by Crippen LogP contribution is -2.31. The topological polar surface area (TPSA) is 21.3 Å². The number of benzene rings is 1. The molecule has 1 saturated heterocycles. The highest BCUT2D eigenvalue weighted by atomic mass is 32.2. The molecule has 0 radical (unpaired) electrons. The van der Waals surface area contributed by atoms with Crippen molar-refractivity contribution in [2.45, 2.75) is 6.04 Å². The van der Waals surface area contributed by atoms with Gasteiger partial charge in [0, 0.05) is 29.7 Å². The Labute approximate surface area is 93.2 Å². The third kappa shape index (κ3) is 2.26. The Morgan fingerprint density at radius 2 is 2.40 bits per heavy atom. The van der Waals surface area contributed by atoms with Crippen LogP contribution in [0.15, 0.2) is 18.2 Å². The fourth-order valence-corrected chi connectivity index (χ4v) is 2.73. The van der Waals surface area contributed by atoms with E-state index >= 15 is 0 Å². The van der Waals surface area contributed by atoms with Gasteiger partial charge in [0.25, 0.3) is 0 Å². The number of halogens is 1. The predicted octanol–water partition coefficient (Wildman–Crippen LogP) is 2.21. The Bertz CT molecular complexity index is 339. The van der Waals surface area contributed by atoms with E-state index in [9.17, 15) is 4.39 Å². The number of nitrogens with one attached hydrogen (secondary N) is 1. The zero-order valence-corrected chi connectivity index (χ0v) is 9.44. The number of hydrogen-bond acceptors (Lipinski definition) is 3. The third-order valence-corrected chi connectivity index (χ3v) is 3.56. The van der Waals surface area contributed by atoms with Crippen LogP contribution in [-0.4, -0.2) is 25.2 Å². The molecule has 1 aliphatic rings. The molecule has 1 aliphatic heterocycles. The van der Waals surface area contributed by atoms with Crippen LogP contribution in [0, 0.1) is 5.82 Å². The summed E-state index contributed by atoms with van der Waals surface area (Å²) in [4.78, 5) is 0. The van der Waals surface area contributed by atoms with Gasteiger partial charge in [-0.2, -0.15) is 11.8 Å². The molecule has 2 rings (SSSR count). The Morgan fingerprint density at radius 3 is 3.07 bits per heavy atom. The van der Waals surface area contributed by atoms with Crippen LogP contribution in [0.2, 0.25) is 0 Å². The molecular weight excluding hydrogens is 213 g/mol. The highest BCUT2D eigenvalue weighted by Crippen LogP contribution is 2.31. The van der Waals surface area contributed by atoms with E-state index in [0.717, 1.165) is 18.1 Å². The zero-order valence-electron chi connectivity index (χ0n) is 8.63. The van der Waals surface area contributed by atoms with Crippen LogP contribution in [0.5, 0.6) is 5.75 Å². The van der Waals surface area contributed by atoms with Gasteiger partial charge in [-0.15, -0.1) is 0 Å². The Balaban J connectivity index is 2.31. The average Bonchev–Trinajstić information content (AvgIpc) is 2.29. The smallest absolute Gasteiger partial charge is 0.131 e. The van der Waals surface area contributed by atoms with Crippen molar-refractivity contribution >= 4 is 11.8 Å². The van der Waals surface area contributed by atoms with Crippen molar-refractivity contribution in [2.75, 3.05) is 25.2 Å². The van der Waals surface area contributed by atoms with Crippen LogP contribution in [0.4, 0.5) is 4.39 Å². The lowest BCUT2D eigenvalue weighted by Gasteiger charge is -2.25. The van der Waals surface area contributed by atoms with E-state index in [0.29, 0.717) is 11.3 Å². The molecule has 0 aromatic heterocycles. The molecular formula is C11H14FNOS. The number of hydrogen-bond donors (Lipinski definition) is 1. The van der Waals surface area contributed by atoms with Crippen molar-refractivity contribution in [1.82, 2.24) is 5.32 Å². The van der Waals surface area contributed by atoms with Gasteiger partial charge in [0.2, 0.25) is 0 Å². The molecule has 1 N–H and O–H groups in total. The van der Waals surface area contributed by atoms with Gasteiger partial charge in [0.15, 0.2) is 0 Å². The predicted molar refractivity (Wildman–Crippen MR) is 61.0 cm³/mol. The number of methoxy groups -OCH3 is 1. The van der Waals surface area contributed by atoms with Crippen molar-refractivity contribution in [2.24, 2.45) is 0 Å². The van der Waals surface area contributed by atoms with Gasteiger partial charge < -0.3 is 10.1 Å². The van der Waals surface area contributed by atoms with Crippen molar-refractivity contribution < 1.29 is 9.13 Å². The molecule has 1 unspecified atom stereocenters. The number of thioether (sulfide) groups is 1. The Morgan fingerprint density at radius 1 is 1.53 bits per heavy atom. The van der Waals surface area contributed by atoms with Crippen molar-refractivity contribution in [3.8, 4) is 5.75 Å². The van der Waals surface area contributed by atoms with E-state index in [1.807, 2.05) is 11.8 Å². The van der Waals surface area contributed by atoms with E-state index in [1.54, 1.807) is 19.2 Å². The Hall–Kier alpha value is -0.740. The molecule has 0 amide bonds. The molecule has 1 aromatic rings. The molecule has 0 spiro atoms. The summed E-state index contributed by atoms with van der Waals surface area (Å²) in [5.41, 5.74) is 0.659. The summed E-state index contributed by atoms with van der Waals surface area (Å²) in [6, 6.07) is 5.03. The van der Waals surface area contributed by atoms with Gasteiger partial charge in [-0.3, -0.25) is 0 Å². The first-order valence-electron chi connectivity index (χ1n) is 4.96. The molecule has 0 saturated carbocycles. The minimum absolute atomic E-state index is 0.0694. The van der Waals surface area contributed by atoms with Crippen LogP contribution in [-0.2, 0) is 0 Å². The average molecular weight is 227 g/mol. The Kier molecular flexibility index (Phi) is 3.49. The van der Waals surface area contributed by atoms with Crippen LogP contribution in [0.1, 0.15) is 11.6 Å². The van der Waals surface area contributed by atoms with Crippen LogP contribution in [0.25, 0.3) is 0 Å². The first kappa shape index (κ1) is 10.8. The third-order valence-electron chi connectivity index (χ3n) is 2.50. The highest BCUT2D eigenvalue weighted by molar-refractivity contribution is 7.99. The molecule has 2 nitrogen and oxygen atoms in total. The maximum Gasteiger partial charge on any atom is 0.131 e. The first-order valence-corrected chi connectivity index (χ1v) is 6.12. The van der Waals surface area contributed by atoms with Crippen LogP contribution < -0.4 is 10.1 Å². The molecule has 82 valence electrons. The van der Waals surface area contributed by atoms with E-state index in [1.165, 1.54) is 6.07 Å². The van der Waals surface area contributed by atoms with Gasteiger partial charge in [0.05, 0.1) is 7.11 Å². The summed E-state index contributed by atoms with van der Waals surface area (Å²) >= 11 is 1.84. The summed E-state index contributed by atoms with van der Waals surface area (Å²) < 4.78 is 18.9. The largest absolute Gasteiger partial charge is 0.496 e. The lowest BCUT2D eigenvalue weighted by molar-refractivity contribution is 0.395. The van der Waals surface area contributed by atoms with Gasteiger partial charge in [0.1, 0.15) is 11.6 Å². The quantitative estimate of drug-likeness (QED) is 0.837. The SMILES string of the molecule is COc1cccc(F)c1C1CSCCN1. The second-order valence-corrected chi connectivity index (χ2v) is 4.59. The molecule has 1 aromatic carbocycles. The van der Waals surface area contributed by atoms with E-state index in [2.05, 4.69) is 5.32 Å². The minimum Gasteiger partial charge on any atom is -0.496 e. The molecule has 15 heavy (non-hydrogen) atoms. The fourth-order valence-electron chi connectivity index (χ4n) is 1.78. The standard InChI is InChI=1S/C11H14FNOS/c1-14-10-4-2-3-8(12)11(10)9-7-15-6-5-13-9/h2-4,9,13H,5-7H2,1H3. The van der Waals surface area contributed by atoms with E-state index in [-0.39, 0.29) is 11.9 Å². The first-order chi connectivity index (χ1) is 7.33. The molecule has 1 atom stereocenters. The summed E-state index contributed by atoms with van der Waals surface area (Å²) in [5.74, 6) is 2.44. The monoisotopic (exact) mass is 227 g/mol. The second-order valence-electron chi connectivity index (χ2n) is 3.44. The van der Waals surface area contributed by atoms with E-state index in [4.69, 9.17) is 4.74 Å². The molecule has 1 heterocycles. The van der Waals surface area contributed by atoms with Crippen molar-refractivity contribution in [1.29, 1.82) is 0 Å². The van der Waals surface area contributed by atoms with Gasteiger partial charge in [-0.05, 0) is 12.1 Å². The number of rotatable bonds is 2. The maximum atomic E-state index is 13.7. The zero-order chi connectivity index (χ0) is 10.7. The van der Waals surface area contributed by atoms with Crippen molar-refractivity contribution in [3.63, 3.8) is 0 Å². The van der Waals surface area contributed by atoms with Crippen molar-refractivity contribution in [3.05, 3.63) is 29.6 Å². The van der Waals surface area contributed by atoms with Gasteiger partial charge >= 0.3 is 0 Å². The van der Waals surface area contributed by atoms with Gasteiger partial charge in [-0.1, -0.05) is 6.07 Å². The fraction of sp³-hybridized carbons (Fsp3) is 0.455. The highest BCUT2D eigenvalue weighted by Gasteiger charge is 2.22. The van der Waals surface area contributed by atoms with Gasteiger partial charge in [-0.25, -0.2) is 4.39 Å². The van der Waals surface area contributed by atoms with E-state index < -0.39 is 0 Å². The molecule has 4 heteroatoms. The molecule has 0 aliphatic carbocycles. The summed E-state index contributed by atoms with van der Waals surface area (Å²) in [6.45, 7) is 0.923.